The third kappa shape index (κ3) is 4.80. The van der Waals surface area contributed by atoms with Gasteiger partial charge >= 0.3 is 18.1 Å². The highest BCUT2D eigenvalue weighted by Crippen LogP contribution is 2.36. The molecule has 0 aliphatic carbocycles. The lowest BCUT2D eigenvalue weighted by atomic mass is 9.84. The van der Waals surface area contributed by atoms with Gasteiger partial charge in [-0.05, 0) is 19.3 Å². The van der Waals surface area contributed by atoms with Crippen LogP contribution in [0.15, 0.2) is 11.1 Å². The Morgan fingerprint density at radius 1 is 1.00 bits per heavy atom. The number of ether oxygens (including phenoxy) is 1. The maximum absolute atomic E-state index is 12.6. The molecule has 0 bridgehead atoms. The summed E-state index contributed by atoms with van der Waals surface area (Å²) in [5.74, 6) is -6.20. The van der Waals surface area contributed by atoms with Crippen molar-refractivity contribution >= 4 is 5.97 Å². The van der Waals surface area contributed by atoms with Crippen LogP contribution in [-0.2, 0) is 9.53 Å². The molecular weight excluding hydrogens is 271 g/mol. The third-order valence-electron chi connectivity index (χ3n) is 2.25. The molecule has 7 heteroatoms. The molecule has 0 aliphatic rings. The Labute approximate surface area is 108 Å². The zero-order chi connectivity index (χ0) is 15.6. The molecule has 0 saturated carbocycles. The van der Waals surface area contributed by atoms with Crippen LogP contribution in [0.1, 0.15) is 34.6 Å². The van der Waals surface area contributed by atoms with Crippen LogP contribution in [0.2, 0.25) is 0 Å². The number of allylic oxidation sites excluding steroid dienone is 1. The number of esters is 1. The minimum atomic E-state index is -5.74. The van der Waals surface area contributed by atoms with Gasteiger partial charge in [0.1, 0.15) is 0 Å². The number of halogens is 5. The van der Waals surface area contributed by atoms with Gasteiger partial charge in [0, 0.05) is 5.57 Å². The number of alkyl halides is 5. The third-order valence-corrected chi connectivity index (χ3v) is 2.25. The fourth-order valence-corrected chi connectivity index (χ4v) is 1.57. The molecule has 0 unspecified atom stereocenters. The van der Waals surface area contributed by atoms with E-state index in [1.54, 1.807) is 34.6 Å². The molecule has 0 aromatic carbocycles. The van der Waals surface area contributed by atoms with Crippen LogP contribution in [0.4, 0.5) is 22.0 Å². The second-order valence-corrected chi connectivity index (χ2v) is 5.40. The molecule has 2 nitrogen and oxygen atoms in total. The van der Waals surface area contributed by atoms with Crippen LogP contribution in [0.5, 0.6) is 0 Å². The van der Waals surface area contributed by atoms with Gasteiger partial charge in [0.25, 0.3) is 0 Å². The van der Waals surface area contributed by atoms with Gasteiger partial charge in [0.05, 0.1) is 0 Å². The second kappa shape index (κ2) is 5.46. The van der Waals surface area contributed by atoms with Gasteiger partial charge < -0.3 is 4.74 Å². The number of carbonyl (C=O) groups is 1. The first-order valence-corrected chi connectivity index (χ1v) is 5.50. The van der Waals surface area contributed by atoms with E-state index in [1.807, 2.05) is 0 Å². The topological polar surface area (TPSA) is 26.3 Å². The smallest absolute Gasteiger partial charge is 0.456 e. The predicted molar refractivity (Wildman–Crippen MR) is 59.8 cm³/mol. The first-order valence-electron chi connectivity index (χ1n) is 5.50. The largest absolute Gasteiger partial charge is 0.456 e. The highest BCUT2D eigenvalue weighted by molar-refractivity contribution is 5.90. The maximum atomic E-state index is 12.6. The van der Waals surface area contributed by atoms with Crippen molar-refractivity contribution in [1.29, 1.82) is 0 Å². The summed E-state index contributed by atoms with van der Waals surface area (Å²) in [4.78, 5) is 11.6. The van der Waals surface area contributed by atoms with Crippen LogP contribution < -0.4 is 0 Å². The van der Waals surface area contributed by atoms with Crippen molar-refractivity contribution in [3.63, 3.8) is 0 Å². The lowest BCUT2D eigenvalue weighted by molar-refractivity contribution is -0.293. The van der Waals surface area contributed by atoms with Crippen LogP contribution in [0, 0.1) is 5.41 Å². The summed E-state index contributed by atoms with van der Waals surface area (Å²) in [5.41, 5.74) is -0.109. The molecule has 0 saturated heterocycles. The Bertz CT molecular complexity index is 371. The van der Waals surface area contributed by atoms with Gasteiger partial charge in [0.2, 0.25) is 0 Å². The van der Waals surface area contributed by atoms with Crippen molar-refractivity contribution in [2.45, 2.75) is 46.7 Å². The average molecular weight is 288 g/mol. The second-order valence-electron chi connectivity index (χ2n) is 5.40. The molecule has 0 N–H and O–H groups in total. The van der Waals surface area contributed by atoms with Crippen LogP contribution in [0.25, 0.3) is 0 Å². The van der Waals surface area contributed by atoms with Crippen molar-refractivity contribution in [1.82, 2.24) is 0 Å². The van der Waals surface area contributed by atoms with E-state index >= 15 is 0 Å². The van der Waals surface area contributed by atoms with E-state index < -0.39 is 30.1 Å². The molecule has 0 rings (SSSR count). The highest BCUT2D eigenvalue weighted by Gasteiger charge is 2.58. The lowest BCUT2D eigenvalue weighted by Gasteiger charge is -2.25. The molecular formula is C12H17F5O2. The molecule has 0 aromatic rings. The van der Waals surface area contributed by atoms with Gasteiger partial charge in [-0.15, -0.1) is 0 Å². The molecule has 112 valence electrons. The summed E-state index contributed by atoms with van der Waals surface area (Å²) in [6, 6.07) is 0. The van der Waals surface area contributed by atoms with Gasteiger partial charge in [0.15, 0.2) is 6.61 Å². The Kier molecular flexibility index (Phi) is 5.14. The van der Waals surface area contributed by atoms with E-state index in [0.29, 0.717) is 5.57 Å². The Morgan fingerprint density at radius 2 is 1.42 bits per heavy atom. The lowest BCUT2D eigenvalue weighted by Crippen LogP contribution is -2.41. The summed E-state index contributed by atoms with van der Waals surface area (Å²) in [6.45, 7) is 6.02. The average Bonchev–Trinajstić information content (AvgIpc) is 2.09. The SMILES string of the molecule is CC(C)=C(C(=O)OCC(F)(F)C(F)(F)F)C(C)(C)C. The van der Waals surface area contributed by atoms with E-state index in [2.05, 4.69) is 4.74 Å². The fourth-order valence-electron chi connectivity index (χ4n) is 1.57. The monoisotopic (exact) mass is 288 g/mol. The van der Waals surface area contributed by atoms with Gasteiger partial charge in [-0.2, -0.15) is 22.0 Å². The van der Waals surface area contributed by atoms with Crippen LogP contribution in [-0.4, -0.2) is 24.7 Å². The zero-order valence-electron chi connectivity index (χ0n) is 11.4. The van der Waals surface area contributed by atoms with Gasteiger partial charge in [-0.25, -0.2) is 4.79 Å². The quantitative estimate of drug-likeness (QED) is 0.444. The predicted octanol–water partition coefficient (Wildman–Crippen LogP) is 4.11. The van der Waals surface area contributed by atoms with Crippen molar-refractivity contribution < 1.29 is 31.5 Å². The summed E-state index contributed by atoms with van der Waals surface area (Å²) < 4.78 is 65.2. The van der Waals surface area contributed by atoms with Crippen molar-refractivity contribution in [2.24, 2.45) is 5.41 Å². The molecule has 0 aliphatic heterocycles. The number of carbonyl (C=O) groups excluding carboxylic acids is 1. The summed E-state index contributed by atoms with van der Waals surface area (Å²) in [6.07, 6.45) is -5.74. The Hall–Kier alpha value is -1.14. The molecule has 0 radical (unpaired) electrons. The fraction of sp³-hybridized carbons (Fsp3) is 0.750. The Morgan fingerprint density at radius 3 is 1.68 bits per heavy atom. The first-order chi connectivity index (χ1) is 8.20. The van der Waals surface area contributed by atoms with Crippen molar-refractivity contribution in [3.8, 4) is 0 Å². The number of hydrogen-bond acceptors (Lipinski definition) is 2. The number of rotatable bonds is 3. The minimum absolute atomic E-state index is 0.0884. The zero-order valence-corrected chi connectivity index (χ0v) is 11.4. The molecule has 0 spiro atoms. The van der Waals surface area contributed by atoms with Crippen molar-refractivity contribution in [2.75, 3.05) is 6.61 Å². The van der Waals surface area contributed by atoms with E-state index in [-0.39, 0.29) is 5.57 Å². The van der Waals surface area contributed by atoms with E-state index in [0.717, 1.165) is 0 Å². The minimum Gasteiger partial charge on any atom is -0.456 e. The molecule has 0 atom stereocenters. The van der Waals surface area contributed by atoms with Gasteiger partial charge in [-0.1, -0.05) is 26.3 Å². The number of hydrogen-bond donors (Lipinski definition) is 0. The van der Waals surface area contributed by atoms with E-state index in [9.17, 15) is 26.7 Å². The van der Waals surface area contributed by atoms with Crippen molar-refractivity contribution in [3.05, 3.63) is 11.1 Å². The molecule has 0 amide bonds. The molecule has 0 fully saturated rings. The van der Waals surface area contributed by atoms with Crippen LogP contribution >= 0.6 is 0 Å². The molecule has 0 heterocycles. The van der Waals surface area contributed by atoms with Crippen LogP contribution in [0.3, 0.4) is 0 Å². The van der Waals surface area contributed by atoms with E-state index in [1.165, 1.54) is 0 Å². The molecule has 19 heavy (non-hydrogen) atoms. The Balaban J connectivity index is 4.96. The normalized spacial score (nSPS) is 13.2. The molecule has 0 aromatic heterocycles. The highest BCUT2D eigenvalue weighted by atomic mass is 19.4. The maximum Gasteiger partial charge on any atom is 0.456 e. The summed E-state index contributed by atoms with van der Waals surface area (Å²) in [5, 5.41) is 0. The first kappa shape index (κ1) is 17.9. The van der Waals surface area contributed by atoms with Gasteiger partial charge in [-0.3, -0.25) is 0 Å². The summed E-state index contributed by atoms with van der Waals surface area (Å²) in [7, 11) is 0. The van der Waals surface area contributed by atoms with E-state index in [4.69, 9.17) is 0 Å². The standard InChI is InChI=1S/C12H17F5O2/c1-7(2)8(10(3,4)5)9(18)19-6-11(13,14)12(15,16)17/h6H2,1-5H3. The summed E-state index contributed by atoms with van der Waals surface area (Å²) >= 11 is 0.